The maximum absolute atomic E-state index is 11.2. The van der Waals surface area contributed by atoms with E-state index in [0.717, 1.165) is 25.7 Å². The molecule has 110 valence electrons. The van der Waals surface area contributed by atoms with Crippen molar-refractivity contribution in [1.82, 2.24) is 0 Å². The van der Waals surface area contributed by atoms with Crippen molar-refractivity contribution >= 4 is 27.2 Å². The zero-order valence-corrected chi connectivity index (χ0v) is 14.3. The van der Waals surface area contributed by atoms with Crippen molar-refractivity contribution in [3.63, 3.8) is 0 Å². The molecule has 0 saturated heterocycles. The van der Waals surface area contributed by atoms with Gasteiger partial charge in [-0.05, 0) is 0 Å². The molecule has 1 rings (SSSR count). The second kappa shape index (κ2) is 8.31. The van der Waals surface area contributed by atoms with Gasteiger partial charge in [0.1, 0.15) is 0 Å². The van der Waals surface area contributed by atoms with Crippen LogP contribution in [-0.2, 0) is 8.29 Å². The third-order valence-electron chi connectivity index (χ3n) is 2.65. The molecule has 0 aromatic heterocycles. The monoisotopic (exact) mass is 358 g/mol. The van der Waals surface area contributed by atoms with E-state index in [1.807, 2.05) is 6.07 Å². The van der Waals surface area contributed by atoms with Crippen molar-refractivity contribution in [3.8, 4) is 11.8 Å². The standard InChI is InChI=1S/C13H19AsN2O3S/c1-2-3-4-5-9-19-13-8-6-7-12(11(13)10-15)14-20(16,17)18/h6-8,14H,2-5,9H2,1H3,(H2,16,17,18). The Labute approximate surface area is 125 Å². The van der Waals surface area contributed by atoms with Crippen molar-refractivity contribution in [2.45, 2.75) is 32.6 Å². The fourth-order valence-electron chi connectivity index (χ4n) is 1.72. The number of nitrogens with zero attached hydrogens (tertiary/aromatic N) is 1. The van der Waals surface area contributed by atoms with Gasteiger partial charge in [0.15, 0.2) is 0 Å². The van der Waals surface area contributed by atoms with Gasteiger partial charge in [0.05, 0.1) is 0 Å². The normalized spacial score (nSPS) is 11.7. The van der Waals surface area contributed by atoms with Crippen LogP contribution >= 0.6 is 0 Å². The van der Waals surface area contributed by atoms with Crippen molar-refractivity contribution in [3.05, 3.63) is 23.8 Å². The molecule has 0 radical (unpaired) electrons. The molecule has 0 aliphatic carbocycles. The predicted molar refractivity (Wildman–Crippen MR) is 80.7 cm³/mol. The van der Waals surface area contributed by atoms with E-state index < -0.39 is 22.9 Å². The Morgan fingerprint density at radius 3 is 2.70 bits per heavy atom. The molecule has 0 amide bonds. The SMILES string of the molecule is CCCCCCOc1cccc([AsH]S(N)(=O)=O)c1C#N. The van der Waals surface area contributed by atoms with Crippen LogP contribution < -0.4 is 14.2 Å². The number of nitrogens with two attached hydrogens (primary N) is 1. The Morgan fingerprint density at radius 1 is 1.35 bits per heavy atom. The zero-order valence-electron chi connectivity index (χ0n) is 11.4. The maximum atomic E-state index is 11.2. The molecule has 1 aromatic rings. The average Bonchev–Trinajstić information content (AvgIpc) is 2.37. The van der Waals surface area contributed by atoms with Gasteiger partial charge in [0, 0.05) is 0 Å². The Balaban J connectivity index is 2.77. The summed E-state index contributed by atoms with van der Waals surface area (Å²) >= 11 is -1.59. The van der Waals surface area contributed by atoms with E-state index >= 15 is 0 Å². The first kappa shape index (κ1) is 17.0. The first-order valence-electron chi connectivity index (χ1n) is 6.44. The Hall–Kier alpha value is -1.02. The van der Waals surface area contributed by atoms with Crippen molar-refractivity contribution in [2.24, 2.45) is 5.14 Å². The summed E-state index contributed by atoms with van der Waals surface area (Å²) in [5, 5.41) is 14.3. The van der Waals surface area contributed by atoms with E-state index in [4.69, 9.17) is 9.88 Å². The van der Waals surface area contributed by atoms with E-state index in [1.54, 1.807) is 18.2 Å². The van der Waals surface area contributed by atoms with E-state index in [1.165, 1.54) is 0 Å². The van der Waals surface area contributed by atoms with Crippen LogP contribution in [0.15, 0.2) is 18.2 Å². The van der Waals surface area contributed by atoms with E-state index in [9.17, 15) is 13.7 Å². The number of rotatable bonds is 8. The molecule has 0 spiro atoms. The average molecular weight is 358 g/mol. The van der Waals surface area contributed by atoms with Gasteiger partial charge >= 0.3 is 126 Å². The first-order valence-corrected chi connectivity index (χ1v) is 11.6. The summed E-state index contributed by atoms with van der Waals surface area (Å²) < 4.78 is 28.5. The number of benzene rings is 1. The molecule has 1 atom stereocenters. The van der Waals surface area contributed by atoms with Crippen LogP contribution in [-0.4, -0.2) is 29.6 Å². The van der Waals surface area contributed by atoms with Crippen LogP contribution in [0.1, 0.15) is 38.2 Å². The van der Waals surface area contributed by atoms with Gasteiger partial charge in [-0.25, -0.2) is 0 Å². The second-order valence-electron chi connectivity index (χ2n) is 4.35. The Bertz CT molecular complexity index is 582. The summed E-state index contributed by atoms with van der Waals surface area (Å²) in [6, 6.07) is 7.05. The van der Waals surface area contributed by atoms with E-state index in [0.29, 0.717) is 22.3 Å². The third-order valence-corrected chi connectivity index (χ3v) is 7.20. The fraction of sp³-hybridized carbons (Fsp3) is 0.462. The predicted octanol–water partition coefficient (Wildman–Crippen LogP) is 0.783. The van der Waals surface area contributed by atoms with Crippen molar-refractivity contribution in [2.75, 3.05) is 6.61 Å². The zero-order chi connectivity index (χ0) is 15.0. The summed E-state index contributed by atoms with van der Waals surface area (Å²) in [6.07, 6.45) is 4.32. The molecule has 0 bridgehead atoms. The summed E-state index contributed by atoms with van der Waals surface area (Å²) in [7, 11) is -3.54. The van der Waals surface area contributed by atoms with Gasteiger partial charge < -0.3 is 0 Å². The number of hydrogen-bond acceptors (Lipinski definition) is 4. The molecular weight excluding hydrogens is 339 g/mol. The molecule has 0 aliphatic heterocycles. The van der Waals surface area contributed by atoms with Gasteiger partial charge in [0.25, 0.3) is 0 Å². The molecule has 1 aromatic carbocycles. The minimum absolute atomic E-state index is 0.303. The molecule has 1 unspecified atom stereocenters. The Kier molecular flexibility index (Phi) is 7.07. The molecule has 20 heavy (non-hydrogen) atoms. The van der Waals surface area contributed by atoms with Crippen LogP contribution in [0.2, 0.25) is 0 Å². The number of hydrogen-bond donors (Lipinski definition) is 1. The summed E-state index contributed by atoms with van der Waals surface area (Å²) in [5.74, 6) is 0.453. The third kappa shape index (κ3) is 5.96. The van der Waals surface area contributed by atoms with Gasteiger partial charge in [-0.2, -0.15) is 0 Å². The number of unbranched alkanes of at least 4 members (excludes halogenated alkanes) is 3. The fourth-order valence-corrected chi connectivity index (χ4v) is 5.77. The molecule has 0 heterocycles. The van der Waals surface area contributed by atoms with E-state index in [-0.39, 0.29) is 0 Å². The number of nitriles is 1. The van der Waals surface area contributed by atoms with Gasteiger partial charge in [-0.1, -0.05) is 0 Å². The van der Waals surface area contributed by atoms with Gasteiger partial charge in [0.2, 0.25) is 0 Å². The Morgan fingerprint density at radius 2 is 2.10 bits per heavy atom. The van der Waals surface area contributed by atoms with Crippen molar-refractivity contribution < 1.29 is 13.2 Å². The number of ether oxygens (including phenoxy) is 1. The van der Waals surface area contributed by atoms with E-state index in [2.05, 4.69) is 6.92 Å². The molecule has 5 nitrogen and oxygen atoms in total. The molecule has 2 N–H and O–H groups in total. The topological polar surface area (TPSA) is 93.2 Å². The molecular formula is C13H19AsN2O3S. The minimum atomic E-state index is -3.54. The summed E-state index contributed by atoms with van der Waals surface area (Å²) in [4.78, 5) is 0. The molecule has 0 fully saturated rings. The summed E-state index contributed by atoms with van der Waals surface area (Å²) in [5.41, 5.74) is 0.303. The van der Waals surface area contributed by atoms with Crippen LogP contribution in [0.4, 0.5) is 0 Å². The summed E-state index contributed by atoms with van der Waals surface area (Å²) in [6.45, 7) is 2.67. The molecule has 0 saturated carbocycles. The molecule has 7 heteroatoms. The molecule has 0 aliphatic rings. The van der Waals surface area contributed by atoms with Gasteiger partial charge in [-0.15, -0.1) is 0 Å². The van der Waals surface area contributed by atoms with Crippen LogP contribution in [0.25, 0.3) is 0 Å². The van der Waals surface area contributed by atoms with Crippen LogP contribution in [0, 0.1) is 11.3 Å². The van der Waals surface area contributed by atoms with Crippen LogP contribution in [0.5, 0.6) is 5.75 Å². The first-order chi connectivity index (χ1) is 9.48. The second-order valence-corrected chi connectivity index (χ2v) is 11.6. The van der Waals surface area contributed by atoms with Gasteiger partial charge in [-0.3, -0.25) is 0 Å². The van der Waals surface area contributed by atoms with Crippen molar-refractivity contribution in [1.29, 1.82) is 5.26 Å². The van der Waals surface area contributed by atoms with Crippen LogP contribution in [0.3, 0.4) is 0 Å². The quantitative estimate of drug-likeness (QED) is 0.549.